The van der Waals surface area contributed by atoms with Crippen molar-refractivity contribution in [2.75, 3.05) is 19.0 Å². The Hall–Kier alpha value is -2.57. The quantitative estimate of drug-likeness (QED) is 0.813. The van der Waals surface area contributed by atoms with E-state index in [2.05, 4.69) is 15.6 Å². The van der Waals surface area contributed by atoms with Crippen LogP contribution in [-0.4, -0.2) is 24.5 Å². The predicted octanol–water partition coefficient (Wildman–Crippen LogP) is 2.33. The van der Waals surface area contributed by atoms with Gasteiger partial charge in [-0.1, -0.05) is 0 Å². The largest absolute Gasteiger partial charge is 0.491 e. The number of benzene rings is 1. The first-order chi connectivity index (χ1) is 10.1. The fraction of sp³-hybridized carbons (Fsp3) is 0.214. The summed E-state index contributed by atoms with van der Waals surface area (Å²) in [6.45, 7) is 0.570. The van der Waals surface area contributed by atoms with Gasteiger partial charge < -0.3 is 20.4 Å². The lowest BCUT2D eigenvalue weighted by molar-refractivity contribution is 0.0947. The summed E-state index contributed by atoms with van der Waals surface area (Å²) in [5.41, 5.74) is 2.03. The molecule has 3 rings (SSSR count). The molecule has 1 aliphatic rings. The van der Waals surface area contributed by atoms with Crippen LogP contribution in [0.3, 0.4) is 0 Å². The highest BCUT2D eigenvalue weighted by atomic mass is 19.2. The number of aromatic nitrogens is 1. The van der Waals surface area contributed by atoms with Crippen molar-refractivity contribution >= 4 is 17.3 Å². The fourth-order valence-corrected chi connectivity index (χ4v) is 2.39. The third kappa shape index (κ3) is 2.20. The molecule has 7 heteroatoms. The van der Waals surface area contributed by atoms with Crippen LogP contribution >= 0.6 is 0 Å². The highest BCUT2D eigenvalue weighted by Gasteiger charge is 2.23. The number of halogens is 2. The summed E-state index contributed by atoms with van der Waals surface area (Å²) >= 11 is 0. The average Bonchev–Trinajstić information content (AvgIpc) is 2.88. The van der Waals surface area contributed by atoms with E-state index in [0.29, 0.717) is 24.2 Å². The molecule has 5 nitrogen and oxygen atoms in total. The average molecular weight is 293 g/mol. The Morgan fingerprint density at radius 1 is 1.29 bits per heavy atom. The Morgan fingerprint density at radius 3 is 2.86 bits per heavy atom. The van der Waals surface area contributed by atoms with Crippen molar-refractivity contribution in [2.45, 2.75) is 6.42 Å². The van der Waals surface area contributed by atoms with Gasteiger partial charge in [0.1, 0.15) is 0 Å². The highest BCUT2D eigenvalue weighted by Crippen LogP contribution is 2.34. The zero-order valence-electron chi connectivity index (χ0n) is 11.2. The summed E-state index contributed by atoms with van der Waals surface area (Å²) in [6, 6.07) is 2.36. The molecule has 110 valence electrons. The van der Waals surface area contributed by atoms with E-state index in [1.54, 1.807) is 6.20 Å². The highest BCUT2D eigenvalue weighted by molar-refractivity contribution is 6.02. The van der Waals surface area contributed by atoms with E-state index in [9.17, 15) is 13.6 Å². The number of rotatable bonds is 3. The lowest BCUT2D eigenvalue weighted by Crippen LogP contribution is -2.31. The van der Waals surface area contributed by atoms with E-state index in [4.69, 9.17) is 4.74 Å². The van der Waals surface area contributed by atoms with E-state index in [1.807, 2.05) is 0 Å². The lowest BCUT2D eigenvalue weighted by Gasteiger charge is -2.16. The topological polar surface area (TPSA) is 66.1 Å². The molecule has 3 N–H and O–H groups in total. The smallest absolute Gasteiger partial charge is 0.255 e. The number of H-pyrrole nitrogens is 1. The van der Waals surface area contributed by atoms with Gasteiger partial charge in [-0.05, 0) is 12.1 Å². The number of anilines is 2. The number of carbonyl (C=O) groups excluding carboxylic acids is 1. The molecule has 0 atom stereocenters. The van der Waals surface area contributed by atoms with Crippen LogP contribution in [0.15, 0.2) is 18.3 Å². The SMILES string of the molecule is COc1c(Nc2c[nH]c3c2C(=O)NCC3)ccc(F)c1F. The first kappa shape index (κ1) is 13.4. The van der Waals surface area contributed by atoms with Crippen LogP contribution in [0.5, 0.6) is 5.75 Å². The zero-order chi connectivity index (χ0) is 15.0. The normalized spacial score (nSPS) is 13.6. The second kappa shape index (κ2) is 5.08. The summed E-state index contributed by atoms with van der Waals surface area (Å²) in [5, 5.41) is 5.64. The molecule has 21 heavy (non-hydrogen) atoms. The van der Waals surface area contributed by atoms with E-state index in [0.717, 1.165) is 11.8 Å². The molecule has 1 aromatic heterocycles. The maximum absolute atomic E-state index is 13.7. The molecule has 1 aromatic carbocycles. The van der Waals surface area contributed by atoms with E-state index in [1.165, 1.54) is 13.2 Å². The van der Waals surface area contributed by atoms with Gasteiger partial charge in [0.05, 0.1) is 24.0 Å². The molecule has 0 saturated heterocycles. The van der Waals surface area contributed by atoms with Crippen molar-refractivity contribution < 1.29 is 18.3 Å². The summed E-state index contributed by atoms with van der Waals surface area (Å²) in [7, 11) is 1.25. The Bertz CT molecular complexity index is 712. The first-order valence-corrected chi connectivity index (χ1v) is 6.39. The molecule has 0 radical (unpaired) electrons. The molecule has 0 spiro atoms. The van der Waals surface area contributed by atoms with Crippen LogP contribution in [0.25, 0.3) is 0 Å². The van der Waals surface area contributed by atoms with Crippen molar-refractivity contribution in [3.8, 4) is 5.75 Å². The molecule has 2 heterocycles. The number of aromatic amines is 1. The van der Waals surface area contributed by atoms with Crippen LogP contribution in [-0.2, 0) is 6.42 Å². The van der Waals surface area contributed by atoms with Gasteiger partial charge in [-0.15, -0.1) is 0 Å². The third-order valence-corrected chi connectivity index (χ3v) is 3.37. The van der Waals surface area contributed by atoms with Gasteiger partial charge in [0.15, 0.2) is 11.6 Å². The molecular weight excluding hydrogens is 280 g/mol. The molecule has 0 aliphatic carbocycles. The van der Waals surface area contributed by atoms with Crippen molar-refractivity contribution in [2.24, 2.45) is 0 Å². The number of fused-ring (bicyclic) bond motifs is 1. The summed E-state index contributed by atoms with van der Waals surface area (Å²) in [5.74, 6) is -2.51. The van der Waals surface area contributed by atoms with Gasteiger partial charge >= 0.3 is 0 Å². The van der Waals surface area contributed by atoms with Crippen molar-refractivity contribution in [3.63, 3.8) is 0 Å². The monoisotopic (exact) mass is 293 g/mol. The van der Waals surface area contributed by atoms with Gasteiger partial charge in [0.25, 0.3) is 5.91 Å². The maximum atomic E-state index is 13.7. The molecule has 0 unspecified atom stereocenters. The molecule has 0 saturated carbocycles. The van der Waals surface area contributed by atoms with Gasteiger partial charge in [-0.3, -0.25) is 4.79 Å². The van der Waals surface area contributed by atoms with Gasteiger partial charge in [-0.25, -0.2) is 4.39 Å². The van der Waals surface area contributed by atoms with Crippen molar-refractivity contribution in [1.82, 2.24) is 10.3 Å². The third-order valence-electron chi connectivity index (χ3n) is 3.37. The number of nitrogens with one attached hydrogen (secondary N) is 3. The predicted molar refractivity (Wildman–Crippen MR) is 73.0 cm³/mol. The van der Waals surface area contributed by atoms with Gasteiger partial charge in [-0.2, -0.15) is 4.39 Å². The number of hydrogen-bond acceptors (Lipinski definition) is 3. The van der Waals surface area contributed by atoms with Crippen LogP contribution in [0, 0.1) is 11.6 Å². The van der Waals surface area contributed by atoms with E-state index >= 15 is 0 Å². The number of ether oxygens (including phenoxy) is 1. The van der Waals surface area contributed by atoms with E-state index < -0.39 is 11.6 Å². The Balaban J connectivity index is 2.00. The number of amides is 1. The molecule has 1 aliphatic heterocycles. The Morgan fingerprint density at radius 2 is 2.10 bits per heavy atom. The minimum Gasteiger partial charge on any atom is -0.491 e. The van der Waals surface area contributed by atoms with Gasteiger partial charge in [0, 0.05) is 24.9 Å². The second-order valence-corrected chi connectivity index (χ2v) is 4.63. The lowest BCUT2D eigenvalue weighted by atomic mass is 10.1. The van der Waals surface area contributed by atoms with Gasteiger partial charge in [0.2, 0.25) is 5.82 Å². The van der Waals surface area contributed by atoms with Crippen LogP contribution in [0.1, 0.15) is 16.1 Å². The maximum Gasteiger partial charge on any atom is 0.255 e. The van der Waals surface area contributed by atoms with Crippen LogP contribution in [0.4, 0.5) is 20.2 Å². The number of hydrogen-bond donors (Lipinski definition) is 3. The first-order valence-electron chi connectivity index (χ1n) is 6.39. The van der Waals surface area contributed by atoms with Crippen molar-refractivity contribution in [1.29, 1.82) is 0 Å². The van der Waals surface area contributed by atoms with Crippen LogP contribution < -0.4 is 15.4 Å². The summed E-state index contributed by atoms with van der Waals surface area (Å²) in [4.78, 5) is 14.9. The molecule has 2 aromatic rings. The second-order valence-electron chi connectivity index (χ2n) is 4.63. The molecular formula is C14H13F2N3O2. The Kier molecular flexibility index (Phi) is 3.25. The number of methoxy groups -OCH3 is 1. The molecule has 1 amide bonds. The van der Waals surface area contributed by atoms with Crippen molar-refractivity contribution in [3.05, 3.63) is 41.2 Å². The molecule has 0 bridgehead atoms. The van der Waals surface area contributed by atoms with E-state index in [-0.39, 0.29) is 17.3 Å². The summed E-state index contributed by atoms with van der Waals surface area (Å²) in [6.07, 6.45) is 2.31. The molecule has 0 fully saturated rings. The standard InChI is InChI=1S/C14H13F2N3O2/c1-21-13-9(3-2-7(15)12(13)16)19-10-6-18-8-4-5-17-14(20)11(8)10/h2-3,6,18-19H,4-5H2,1H3,(H,17,20). The number of carbonyl (C=O) groups is 1. The minimum atomic E-state index is -1.07. The van der Waals surface area contributed by atoms with Crippen LogP contribution in [0.2, 0.25) is 0 Å². The minimum absolute atomic E-state index is 0.207. The fourth-order valence-electron chi connectivity index (χ4n) is 2.39. The zero-order valence-corrected chi connectivity index (χ0v) is 11.2. The summed E-state index contributed by atoms with van der Waals surface area (Å²) < 4.78 is 31.8. The Labute approximate surface area is 119 Å².